The van der Waals surface area contributed by atoms with Crippen LogP contribution in [0.15, 0.2) is 73.4 Å². The number of amides is 2. The third kappa shape index (κ3) is 6.32. The van der Waals surface area contributed by atoms with Gasteiger partial charge in [0, 0.05) is 23.5 Å². The van der Waals surface area contributed by atoms with Crippen molar-refractivity contribution in [3.05, 3.63) is 83.3 Å². The second kappa shape index (κ2) is 12.2. The van der Waals surface area contributed by atoms with E-state index in [-0.39, 0.29) is 24.1 Å². The number of anilines is 1. The quantitative estimate of drug-likeness (QED) is 0.233. The highest BCUT2D eigenvalue weighted by Crippen LogP contribution is 2.33. The maximum Gasteiger partial charge on any atom is 0.254 e. The van der Waals surface area contributed by atoms with Crippen molar-refractivity contribution in [2.24, 2.45) is 0 Å². The van der Waals surface area contributed by atoms with Crippen molar-refractivity contribution in [1.29, 1.82) is 0 Å². The van der Waals surface area contributed by atoms with Crippen molar-refractivity contribution in [2.45, 2.75) is 19.9 Å². The number of para-hydroxylation sites is 1. The summed E-state index contributed by atoms with van der Waals surface area (Å²) in [6.45, 7) is 7.50. The number of carbonyl (C=O) groups is 2. The van der Waals surface area contributed by atoms with Crippen LogP contribution in [-0.4, -0.2) is 53.1 Å². The molecule has 0 aliphatic carbocycles. The minimum atomic E-state index is -0.393. The number of halogens is 1. The molecule has 2 aromatic carbocycles. The number of nitrogens with zero attached hydrogens (tertiary/aromatic N) is 3. The predicted molar refractivity (Wildman–Crippen MR) is 156 cm³/mol. The number of carbonyl (C=O) groups excluding carboxylic acids is 2. The molecule has 39 heavy (non-hydrogen) atoms. The summed E-state index contributed by atoms with van der Waals surface area (Å²) in [5.41, 5.74) is 2.31. The van der Waals surface area contributed by atoms with E-state index in [0.29, 0.717) is 33.0 Å². The number of nitrogens with one attached hydrogen (secondary N) is 1. The van der Waals surface area contributed by atoms with Gasteiger partial charge < -0.3 is 14.4 Å². The standard InChI is InChI=1S/C29H29ClN4O4S/c1-18(2)33(28(36)19(3)20-11-12-23(37-4)24(15-20)38-5)17-27(35)32-29-31-22(25-13-14-26(30)39-25)16-34(29)21-9-7-6-8-10-21/h6-16,18H,3,17H2,1-2,4-5H3,(H,31,32,35). The van der Waals surface area contributed by atoms with Gasteiger partial charge in [0.25, 0.3) is 5.91 Å². The molecule has 0 aliphatic heterocycles. The van der Waals surface area contributed by atoms with Gasteiger partial charge in [-0.1, -0.05) is 42.4 Å². The number of hydrogen-bond donors (Lipinski definition) is 1. The third-order valence-corrected chi connectivity index (χ3v) is 7.26. The monoisotopic (exact) mass is 564 g/mol. The number of imidazole rings is 1. The van der Waals surface area contributed by atoms with E-state index < -0.39 is 5.91 Å². The molecule has 0 spiro atoms. The zero-order chi connectivity index (χ0) is 28.1. The Morgan fingerprint density at radius 1 is 1.08 bits per heavy atom. The normalized spacial score (nSPS) is 10.8. The summed E-state index contributed by atoms with van der Waals surface area (Å²) < 4.78 is 13.1. The Bertz CT molecular complexity index is 1500. The molecule has 2 amide bonds. The van der Waals surface area contributed by atoms with Gasteiger partial charge in [-0.3, -0.25) is 19.5 Å². The topological polar surface area (TPSA) is 85.7 Å². The highest BCUT2D eigenvalue weighted by molar-refractivity contribution is 7.19. The first-order valence-electron chi connectivity index (χ1n) is 12.1. The highest BCUT2D eigenvalue weighted by atomic mass is 35.5. The van der Waals surface area contributed by atoms with E-state index in [2.05, 4.69) is 16.9 Å². The fraction of sp³-hybridized carbons (Fsp3) is 0.207. The summed E-state index contributed by atoms with van der Waals surface area (Å²) in [5.74, 6) is 0.594. The molecule has 0 aliphatic rings. The number of thiophene rings is 1. The molecule has 1 N–H and O–H groups in total. The van der Waals surface area contributed by atoms with Crippen LogP contribution in [0.25, 0.3) is 21.8 Å². The van der Waals surface area contributed by atoms with Gasteiger partial charge in [0.1, 0.15) is 12.2 Å². The fourth-order valence-corrected chi connectivity index (χ4v) is 4.95. The molecule has 202 valence electrons. The zero-order valence-corrected chi connectivity index (χ0v) is 23.7. The maximum atomic E-state index is 13.4. The van der Waals surface area contributed by atoms with Crippen molar-refractivity contribution in [1.82, 2.24) is 14.5 Å². The lowest BCUT2D eigenvalue weighted by Gasteiger charge is -2.27. The van der Waals surface area contributed by atoms with Crippen molar-refractivity contribution in [3.63, 3.8) is 0 Å². The molecule has 0 unspecified atom stereocenters. The van der Waals surface area contributed by atoms with Gasteiger partial charge in [0.2, 0.25) is 11.9 Å². The summed E-state index contributed by atoms with van der Waals surface area (Å²) in [7, 11) is 3.06. The number of benzene rings is 2. The Balaban J connectivity index is 1.56. The van der Waals surface area contributed by atoms with Crippen LogP contribution >= 0.6 is 22.9 Å². The smallest absolute Gasteiger partial charge is 0.254 e. The van der Waals surface area contributed by atoms with Gasteiger partial charge in [0.05, 0.1) is 23.4 Å². The molecule has 10 heteroatoms. The fourth-order valence-electron chi connectivity index (χ4n) is 3.95. The van der Waals surface area contributed by atoms with Crippen LogP contribution in [0.5, 0.6) is 11.5 Å². The lowest BCUT2D eigenvalue weighted by Crippen LogP contribution is -2.42. The predicted octanol–water partition coefficient (Wildman–Crippen LogP) is 6.16. The van der Waals surface area contributed by atoms with E-state index in [4.69, 9.17) is 21.1 Å². The van der Waals surface area contributed by atoms with Crippen molar-refractivity contribution in [2.75, 3.05) is 26.1 Å². The molecule has 0 radical (unpaired) electrons. The molecule has 2 heterocycles. The lowest BCUT2D eigenvalue weighted by molar-refractivity contribution is -0.131. The maximum absolute atomic E-state index is 13.4. The Labute approximate surface area is 236 Å². The van der Waals surface area contributed by atoms with Crippen LogP contribution in [0, 0.1) is 0 Å². The number of rotatable bonds is 10. The van der Waals surface area contributed by atoms with Crippen LogP contribution in [0.1, 0.15) is 19.4 Å². The molecular weight excluding hydrogens is 536 g/mol. The molecule has 0 bridgehead atoms. The summed E-state index contributed by atoms with van der Waals surface area (Å²) >= 11 is 7.53. The van der Waals surface area contributed by atoms with Gasteiger partial charge >= 0.3 is 0 Å². The summed E-state index contributed by atoms with van der Waals surface area (Å²) in [4.78, 5) is 33.7. The molecule has 4 aromatic rings. The number of ether oxygens (including phenoxy) is 2. The lowest BCUT2D eigenvalue weighted by atomic mass is 10.0. The van der Waals surface area contributed by atoms with Crippen LogP contribution in [0.2, 0.25) is 4.34 Å². The van der Waals surface area contributed by atoms with Gasteiger partial charge in [-0.2, -0.15) is 0 Å². The first kappa shape index (κ1) is 27.9. The minimum absolute atomic E-state index is 0.190. The first-order valence-corrected chi connectivity index (χ1v) is 13.3. The van der Waals surface area contributed by atoms with Gasteiger partial charge in [-0.15, -0.1) is 11.3 Å². The van der Waals surface area contributed by atoms with Crippen molar-refractivity contribution >= 4 is 46.3 Å². The average Bonchev–Trinajstić information content (AvgIpc) is 3.57. The second-order valence-corrected chi connectivity index (χ2v) is 10.6. The highest BCUT2D eigenvalue weighted by Gasteiger charge is 2.25. The second-order valence-electron chi connectivity index (χ2n) is 8.88. The Hall–Kier alpha value is -4.08. The summed E-state index contributed by atoms with van der Waals surface area (Å²) in [6, 6.07) is 18.1. The molecular formula is C29H29ClN4O4S. The molecule has 4 rings (SSSR count). The zero-order valence-electron chi connectivity index (χ0n) is 22.1. The molecule has 0 fully saturated rings. The van der Waals surface area contributed by atoms with Crippen LogP contribution in [-0.2, 0) is 9.59 Å². The molecule has 8 nitrogen and oxygen atoms in total. The Morgan fingerprint density at radius 2 is 1.79 bits per heavy atom. The van der Waals surface area contributed by atoms with Gasteiger partial charge in [-0.25, -0.2) is 4.98 Å². The molecule has 0 saturated heterocycles. The van der Waals surface area contributed by atoms with E-state index in [1.165, 1.54) is 30.5 Å². The van der Waals surface area contributed by atoms with E-state index >= 15 is 0 Å². The van der Waals surface area contributed by atoms with Gasteiger partial charge in [-0.05, 0) is 55.8 Å². The molecule has 2 aromatic heterocycles. The number of methoxy groups -OCH3 is 2. The van der Waals surface area contributed by atoms with Crippen LogP contribution in [0.4, 0.5) is 5.95 Å². The number of hydrogen-bond acceptors (Lipinski definition) is 6. The molecule has 0 saturated carbocycles. The summed E-state index contributed by atoms with van der Waals surface area (Å²) in [5, 5.41) is 2.88. The van der Waals surface area contributed by atoms with Gasteiger partial charge in [0.15, 0.2) is 11.5 Å². The Morgan fingerprint density at radius 3 is 2.41 bits per heavy atom. The van der Waals surface area contributed by atoms with E-state index in [0.717, 1.165) is 10.6 Å². The molecule has 0 atom stereocenters. The largest absolute Gasteiger partial charge is 0.493 e. The van der Waals surface area contributed by atoms with Crippen LogP contribution in [0.3, 0.4) is 0 Å². The van der Waals surface area contributed by atoms with E-state index in [9.17, 15) is 9.59 Å². The van der Waals surface area contributed by atoms with Crippen molar-refractivity contribution < 1.29 is 19.1 Å². The number of aromatic nitrogens is 2. The third-order valence-electron chi connectivity index (χ3n) is 6.01. The first-order chi connectivity index (χ1) is 18.7. The van der Waals surface area contributed by atoms with E-state index in [1.807, 2.05) is 56.4 Å². The van der Waals surface area contributed by atoms with Crippen LogP contribution < -0.4 is 14.8 Å². The van der Waals surface area contributed by atoms with E-state index in [1.54, 1.807) is 28.8 Å². The average molecular weight is 565 g/mol. The summed E-state index contributed by atoms with van der Waals surface area (Å²) in [6.07, 6.45) is 1.84. The Kier molecular flexibility index (Phi) is 8.73. The van der Waals surface area contributed by atoms with Crippen molar-refractivity contribution in [3.8, 4) is 27.8 Å². The minimum Gasteiger partial charge on any atom is -0.493 e. The SMILES string of the molecule is C=C(C(=O)N(CC(=O)Nc1nc(-c2ccc(Cl)s2)cn1-c1ccccc1)C(C)C)c1ccc(OC)c(OC)c1.